The van der Waals surface area contributed by atoms with Crippen molar-refractivity contribution >= 4 is 23.7 Å². The normalized spacial score (nSPS) is 19.7. The molecule has 1 aliphatic heterocycles. The lowest BCUT2D eigenvalue weighted by Gasteiger charge is -2.41. The van der Waals surface area contributed by atoms with E-state index in [0.717, 1.165) is 58.6 Å². The van der Waals surface area contributed by atoms with Gasteiger partial charge in [-0.15, -0.1) is 0 Å². The topological polar surface area (TPSA) is 54.7 Å². The van der Waals surface area contributed by atoms with Crippen LogP contribution in [0.5, 0.6) is 23.0 Å². The van der Waals surface area contributed by atoms with Crippen molar-refractivity contribution in [3.05, 3.63) is 191 Å². The maximum Gasteiger partial charge on any atom is 0.177 e. The Bertz CT molecular complexity index is 2380. The van der Waals surface area contributed by atoms with Crippen LogP contribution in [0.15, 0.2) is 168 Å². The molecule has 5 aromatic carbocycles. The minimum absolute atomic E-state index is 0.245. The van der Waals surface area contributed by atoms with E-state index in [9.17, 15) is 0 Å². The van der Waals surface area contributed by atoms with E-state index < -0.39 is 0 Å². The van der Waals surface area contributed by atoms with Gasteiger partial charge >= 0.3 is 0 Å². The molecule has 246 valence electrons. The molecule has 4 heteroatoms. The van der Waals surface area contributed by atoms with E-state index in [1.807, 2.05) is 60.7 Å². The van der Waals surface area contributed by atoms with E-state index in [0.29, 0.717) is 22.9 Å². The van der Waals surface area contributed by atoms with E-state index in [1.54, 1.807) is 6.08 Å². The Balaban J connectivity index is 1.16. The molecule has 9 rings (SSSR count). The lowest BCUT2D eigenvalue weighted by Crippen LogP contribution is -2.36. The minimum Gasteiger partial charge on any atom is -0.449 e. The van der Waals surface area contributed by atoms with Gasteiger partial charge in [0.15, 0.2) is 23.0 Å². The molecule has 0 spiro atoms. The van der Waals surface area contributed by atoms with Crippen LogP contribution >= 0.6 is 0 Å². The molecule has 0 radical (unpaired) electrons. The molecule has 0 saturated heterocycles. The highest BCUT2D eigenvalue weighted by atomic mass is 16.6. The lowest BCUT2D eigenvalue weighted by atomic mass is 9.61. The summed E-state index contributed by atoms with van der Waals surface area (Å²) >= 11 is 0. The number of allylic oxidation sites excluding steroid dienone is 9. The molecule has 51 heavy (non-hydrogen) atoms. The fraction of sp³-hybridized carbons (Fsp3) is 0.106. The van der Waals surface area contributed by atoms with Gasteiger partial charge in [0.1, 0.15) is 0 Å². The molecule has 5 aromatic rings. The van der Waals surface area contributed by atoms with Gasteiger partial charge in [-0.25, -0.2) is 0 Å². The average Bonchev–Trinajstić information content (AvgIpc) is 3.51. The first kappa shape index (κ1) is 30.8. The zero-order valence-corrected chi connectivity index (χ0v) is 28.2. The first-order valence-electron chi connectivity index (χ1n) is 17.6. The van der Waals surface area contributed by atoms with Crippen LogP contribution in [0.3, 0.4) is 0 Å². The standard InChI is InChI=1S/C47H36N2O2/c1-49-41(31-15-5-2-6-16-31)30-40(48)33-18-13-17-32(29-33)36-24-14-26-42-45(36)51-46-43(50-42)28-27-39-44(46)37-23-11-12-25-38(37)47(39,34-19-7-3-8-20-34)35-21-9-4-10-22-35/h2-10,12-21,24-30,35,48H,1,11,22-23H2/b41-30-,48-40?. The Morgan fingerprint density at radius 3 is 2.37 bits per heavy atom. The van der Waals surface area contributed by atoms with Crippen molar-refractivity contribution in [1.29, 1.82) is 5.41 Å². The van der Waals surface area contributed by atoms with Gasteiger partial charge < -0.3 is 14.9 Å². The second-order valence-corrected chi connectivity index (χ2v) is 13.4. The molecule has 2 atom stereocenters. The summed E-state index contributed by atoms with van der Waals surface area (Å²) in [4.78, 5) is 4.22. The highest BCUT2D eigenvalue weighted by Crippen LogP contribution is 2.63. The van der Waals surface area contributed by atoms with Crippen molar-refractivity contribution in [3.8, 4) is 34.1 Å². The lowest BCUT2D eigenvalue weighted by molar-refractivity contribution is 0.358. The Hall–Kier alpha value is -6.26. The van der Waals surface area contributed by atoms with Crippen LogP contribution in [-0.4, -0.2) is 12.4 Å². The summed E-state index contributed by atoms with van der Waals surface area (Å²) in [5.41, 5.74) is 10.6. The summed E-state index contributed by atoms with van der Waals surface area (Å²) in [5, 5.41) is 8.98. The molecular formula is C47H36N2O2. The number of ether oxygens (including phenoxy) is 2. The van der Waals surface area contributed by atoms with Gasteiger partial charge in [0.2, 0.25) is 0 Å². The molecule has 0 fully saturated rings. The second-order valence-electron chi connectivity index (χ2n) is 13.4. The Kier molecular flexibility index (Phi) is 7.58. The van der Waals surface area contributed by atoms with Gasteiger partial charge in [-0.05, 0) is 84.0 Å². The molecule has 1 N–H and O–H groups in total. The number of benzene rings is 5. The van der Waals surface area contributed by atoms with Gasteiger partial charge in [-0.2, -0.15) is 0 Å². The summed E-state index contributed by atoms with van der Waals surface area (Å²) < 4.78 is 13.8. The van der Waals surface area contributed by atoms with Crippen molar-refractivity contribution in [3.63, 3.8) is 0 Å². The van der Waals surface area contributed by atoms with E-state index in [1.165, 1.54) is 22.3 Å². The second kappa shape index (κ2) is 12.6. The number of rotatable bonds is 7. The largest absolute Gasteiger partial charge is 0.449 e. The zero-order chi connectivity index (χ0) is 34.4. The molecule has 1 heterocycles. The van der Waals surface area contributed by atoms with E-state index >= 15 is 0 Å². The predicted octanol–water partition coefficient (Wildman–Crippen LogP) is 11.9. The summed E-state index contributed by atoms with van der Waals surface area (Å²) in [5.74, 6) is 3.11. The fourth-order valence-electron chi connectivity index (χ4n) is 8.39. The molecule has 3 aliphatic carbocycles. The molecular weight excluding hydrogens is 625 g/mol. The van der Waals surface area contributed by atoms with Gasteiger partial charge in [-0.1, -0.05) is 134 Å². The summed E-state index contributed by atoms with van der Waals surface area (Å²) in [6.45, 7) is 3.76. The third-order valence-electron chi connectivity index (χ3n) is 10.6. The van der Waals surface area contributed by atoms with Gasteiger partial charge in [0.25, 0.3) is 0 Å². The van der Waals surface area contributed by atoms with E-state index in [4.69, 9.17) is 14.9 Å². The zero-order valence-electron chi connectivity index (χ0n) is 28.2. The molecule has 2 unspecified atom stereocenters. The highest BCUT2D eigenvalue weighted by Gasteiger charge is 2.51. The van der Waals surface area contributed by atoms with Crippen molar-refractivity contribution in [2.45, 2.75) is 24.7 Å². The van der Waals surface area contributed by atoms with E-state index in [2.05, 4.69) is 103 Å². The monoisotopic (exact) mass is 660 g/mol. The maximum absolute atomic E-state index is 8.98. The molecule has 4 nitrogen and oxygen atoms in total. The number of hydrogen-bond donors (Lipinski definition) is 1. The van der Waals surface area contributed by atoms with Crippen LogP contribution in [0.4, 0.5) is 0 Å². The molecule has 0 saturated carbocycles. The van der Waals surface area contributed by atoms with Crippen molar-refractivity contribution in [1.82, 2.24) is 0 Å². The fourth-order valence-corrected chi connectivity index (χ4v) is 8.39. The SMILES string of the molecule is C=N/C(=C\C(=N)c1cccc(-c2cccc3c2Oc2c(ccc4c2C2=C(C=CCC2)C4(c2ccccc2)C2C=CC=CC2)O3)c1)c1ccccc1. The van der Waals surface area contributed by atoms with Crippen LogP contribution in [0.1, 0.15) is 47.1 Å². The van der Waals surface area contributed by atoms with Crippen LogP contribution in [0.2, 0.25) is 0 Å². The Morgan fingerprint density at radius 1 is 0.784 bits per heavy atom. The number of fused-ring (bicyclic) bond motifs is 5. The molecule has 0 bridgehead atoms. The summed E-state index contributed by atoms with van der Waals surface area (Å²) in [6.07, 6.45) is 18.4. The van der Waals surface area contributed by atoms with Gasteiger partial charge in [0, 0.05) is 22.3 Å². The maximum atomic E-state index is 8.98. The van der Waals surface area contributed by atoms with Crippen molar-refractivity contribution in [2.75, 3.05) is 0 Å². The number of aliphatic imine (C=N–C) groups is 1. The summed E-state index contributed by atoms with van der Waals surface area (Å²) in [6, 6.07) is 39.2. The quantitative estimate of drug-likeness (QED) is 0.173. The predicted molar refractivity (Wildman–Crippen MR) is 208 cm³/mol. The van der Waals surface area contributed by atoms with E-state index in [-0.39, 0.29) is 11.3 Å². The number of nitrogens with one attached hydrogen (secondary N) is 1. The minimum atomic E-state index is -0.358. The van der Waals surface area contributed by atoms with Crippen LogP contribution in [0.25, 0.3) is 22.4 Å². The van der Waals surface area contributed by atoms with Crippen LogP contribution in [-0.2, 0) is 5.41 Å². The first-order chi connectivity index (χ1) is 25.2. The summed E-state index contributed by atoms with van der Waals surface area (Å²) in [7, 11) is 0. The Morgan fingerprint density at radius 2 is 1.57 bits per heavy atom. The van der Waals surface area contributed by atoms with Gasteiger partial charge in [0.05, 0.1) is 16.8 Å². The first-order valence-corrected chi connectivity index (χ1v) is 17.6. The molecule has 0 amide bonds. The van der Waals surface area contributed by atoms with Crippen LogP contribution in [0, 0.1) is 11.3 Å². The number of nitrogens with zero attached hydrogens (tertiary/aromatic N) is 1. The van der Waals surface area contributed by atoms with Gasteiger partial charge in [-0.3, -0.25) is 4.99 Å². The molecule has 4 aliphatic rings. The average molecular weight is 661 g/mol. The number of para-hydroxylation sites is 1. The Labute approximate surface area is 298 Å². The highest BCUT2D eigenvalue weighted by molar-refractivity contribution is 6.11. The van der Waals surface area contributed by atoms with Crippen molar-refractivity contribution in [2.24, 2.45) is 10.9 Å². The smallest absolute Gasteiger partial charge is 0.177 e. The van der Waals surface area contributed by atoms with Crippen molar-refractivity contribution < 1.29 is 9.47 Å². The third-order valence-corrected chi connectivity index (χ3v) is 10.6. The number of hydrogen-bond acceptors (Lipinski definition) is 4. The van der Waals surface area contributed by atoms with Crippen LogP contribution < -0.4 is 9.47 Å². The molecule has 0 aromatic heterocycles. The third kappa shape index (κ3) is 4.98.